The van der Waals surface area contributed by atoms with Crippen LogP contribution in [0, 0.1) is 5.92 Å². The quantitative estimate of drug-likeness (QED) is 0.826. The molecule has 24 heavy (non-hydrogen) atoms. The van der Waals surface area contributed by atoms with Gasteiger partial charge in [-0.15, -0.1) is 0 Å². The molecule has 2 aromatic rings. The van der Waals surface area contributed by atoms with E-state index in [1.807, 2.05) is 36.1 Å². The highest BCUT2D eigenvalue weighted by Gasteiger charge is 2.23. The normalized spacial score (nSPS) is 15.3. The molecule has 1 heterocycles. The highest BCUT2D eigenvalue weighted by Crippen LogP contribution is 2.23. The largest absolute Gasteiger partial charge is 0.494 e. The number of benzene rings is 2. The monoisotopic (exact) mass is 323 g/mol. The van der Waals surface area contributed by atoms with Gasteiger partial charge in [0.05, 0.1) is 6.61 Å². The van der Waals surface area contributed by atoms with Crippen LogP contribution >= 0.6 is 0 Å². The summed E-state index contributed by atoms with van der Waals surface area (Å²) in [6.45, 7) is 4.30. The van der Waals surface area contributed by atoms with Gasteiger partial charge in [0.1, 0.15) is 5.75 Å². The van der Waals surface area contributed by atoms with Gasteiger partial charge in [-0.1, -0.05) is 30.3 Å². The van der Waals surface area contributed by atoms with Crippen LogP contribution in [-0.2, 0) is 6.42 Å². The molecule has 1 aliphatic heterocycles. The van der Waals surface area contributed by atoms with Gasteiger partial charge in [-0.2, -0.15) is 0 Å². The molecule has 0 N–H and O–H groups in total. The predicted molar refractivity (Wildman–Crippen MR) is 96.4 cm³/mol. The molecule has 0 aliphatic carbocycles. The molecular weight excluding hydrogens is 298 g/mol. The number of nitrogens with zero attached hydrogens (tertiary/aromatic N) is 1. The molecule has 1 amide bonds. The second-order valence-corrected chi connectivity index (χ2v) is 6.38. The molecule has 0 saturated carbocycles. The van der Waals surface area contributed by atoms with E-state index in [-0.39, 0.29) is 5.91 Å². The van der Waals surface area contributed by atoms with Crippen molar-refractivity contribution >= 4 is 5.91 Å². The van der Waals surface area contributed by atoms with Gasteiger partial charge >= 0.3 is 0 Å². The standard InChI is InChI=1S/C21H25NO2/c1-2-24-20-10-8-19(9-11-20)21(23)22-14-12-18(13-15-22)16-17-6-4-3-5-7-17/h3-11,18H,2,12-16H2,1H3. The lowest BCUT2D eigenvalue weighted by molar-refractivity contribution is 0.0690. The molecule has 3 nitrogen and oxygen atoms in total. The zero-order valence-electron chi connectivity index (χ0n) is 14.3. The Morgan fingerprint density at radius 2 is 1.71 bits per heavy atom. The molecule has 1 fully saturated rings. The van der Waals surface area contributed by atoms with Crippen molar-refractivity contribution in [1.29, 1.82) is 0 Å². The lowest BCUT2D eigenvalue weighted by Crippen LogP contribution is -2.38. The van der Waals surface area contributed by atoms with E-state index < -0.39 is 0 Å². The number of ether oxygens (including phenoxy) is 1. The number of hydrogen-bond acceptors (Lipinski definition) is 2. The Morgan fingerprint density at radius 1 is 1.04 bits per heavy atom. The van der Waals surface area contributed by atoms with Gasteiger partial charge in [-0.05, 0) is 61.9 Å². The summed E-state index contributed by atoms with van der Waals surface area (Å²) in [7, 11) is 0. The molecule has 3 rings (SSSR count). The molecule has 1 saturated heterocycles. The lowest BCUT2D eigenvalue weighted by Gasteiger charge is -2.32. The Hall–Kier alpha value is -2.29. The van der Waals surface area contributed by atoms with Gasteiger partial charge in [0.15, 0.2) is 0 Å². The third kappa shape index (κ3) is 4.16. The molecule has 1 aliphatic rings. The second-order valence-electron chi connectivity index (χ2n) is 6.38. The minimum absolute atomic E-state index is 0.135. The van der Waals surface area contributed by atoms with E-state index in [1.165, 1.54) is 5.56 Å². The van der Waals surface area contributed by atoms with Crippen molar-refractivity contribution in [2.75, 3.05) is 19.7 Å². The van der Waals surface area contributed by atoms with Crippen molar-refractivity contribution in [2.45, 2.75) is 26.2 Å². The van der Waals surface area contributed by atoms with Crippen molar-refractivity contribution in [2.24, 2.45) is 5.92 Å². The summed E-state index contributed by atoms with van der Waals surface area (Å²) in [5.74, 6) is 1.63. The molecule has 0 atom stereocenters. The fourth-order valence-electron chi connectivity index (χ4n) is 3.33. The van der Waals surface area contributed by atoms with Crippen molar-refractivity contribution in [3.63, 3.8) is 0 Å². The molecule has 126 valence electrons. The maximum atomic E-state index is 12.6. The third-order valence-corrected chi connectivity index (χ3v) is 4.68. The van der Waals surface area contributed by atoms with E-state index in [1.54, 1.807) is 0 Å². The fourth-order valence-corrected chi connectivity index (χ4v) is 3.33. The van der Waals surface area contributed by atoms with E-state index in [0.717, 1.165) is 43.7 Å². The van der Waals surface area contributed by atoms with Gasteiger partial charge < -0.3 is 9.64 Å². The summed E-state index contributed by atoms with van der Waals surface area (Å²) in [4.78, 5) is 14.6. The van der Waals surface area contributed by atoms with Crippen molar-refractivity contribution in [3.05, 3.63) is 65.7 Å². The van der Waals surface area contributed by atoms with E-state index in [9.17, 15) is 4.79 Å². The van der Waals surface area contributed by atoms with Crippen LogP contribution in [0.4, 0.5) is 0 Å². The molecular formula is C21H25NO2. The average molecular weight is 323 g/mol. The molecule has 0 spiro atoms. The van der Waals surface area contributed by atoms with Gasteiger partial charge in [0, 0.05) is 18.7 Å². The van der Waals surface area contributed by atoms with E-state index >= 15 is 0 Å². The fraction of sp³-hybridized carbons (Fsp3) is 0.381. The van der Waals surface area contributed by atoms with Crippen molar-refractivity contribution in [1.82, 2.24) is 4.90 Å². The summed E-state index contributed by atoms with van der Waals surface area (Å²) in [6, 6.07) is 18.1. The third-order valence-electron chi connectivity index (χ3n) is 4.68. The number of piperidine rings is 1. The van der Waals surface area contributed by atoms with E-state index in [2.05, 4.69) is 30.3 Å². The van der Waals surface area contributed by atoms with Crippen molar-refractivity contribution in [3.8, 4) is 5.75 Å². The lowest BCUT2D eigenvalue weighted by atomic mass is 9.90. The first-order valence-electron chi connectivity index (χ1n) is 8.82. The van der Waals surface area contributed by atoms with Crippen LogP contribution in [0.3, 0.4) is 0 Å². The second kappa shape index (κ2) is 8.00. The molecule has 0 unspecified atom stereocenters. The first kappa shape index (κ1) is 16.6. The Morgan fingerprint density at radius 3 is 2.33 bits per heavy atom. The minimum atomic E-state index is 0.135. The van der Waals surface area contributed by atoms with Crippen LogP contribution in [0.5, 0.6) is 5.75 Å². The maximum absolute atomic E-state index is 12.6. The Bertz CT molecular complexity index is 643. The molecule has 3 heteroatoms. The first-order chi connectivity index (χ1) is 11.8. The highest BCUT2D eigenvalue weighted by molar-refractivity contribution is 5.94. The van der Waals surface area contributed by atoms with Crippen LogP contribution < -0.4 is 4.74 Å². The molecule has 2 aromatic carbocycles. The molecule has 0 aromatic heterocycles. The van der Waals surface area contributed by atoms with Crippen LogP contribution in [0.2, 0.25) is 0 Å². The van der Waals surface area contributed by atoms with Crippen molar-refractivity contribution < 1.29 is 9.53 Å². The number of rotatable bonds is 5. The molecule has 0 bridgehead atoms. The van der Waals surface area contributed by atoms with Crippen LogP contribution in [0.1, 0.15) is 35.7 Å². The van der Waals surface area contributed by atoms with Crippen LogP contribution in [-0.4, -0.2) is 30.5 Å². The Balaban J connectivity index is 1.53. The summed E-state index contributed by atoms with van der Waals surface area (Å²) in [6.07, 6.45) is 3.28. The summed E-state index contributed by atoms with van der Waals surface area (Å²) >= 11 is 0. The predicted octanol–water partition coefficient (Wildman–Crippen LogP) is 4.18. The van der Waals surface area contributed by atoms with Gasteiger partial charge in [-0.3, -0.25) is 4.79 Å². The Kier molecular flexibility index (Phi) is 5.52. The van der Waals surface area contributed by atoms with Gasteiger partial charge in [-0.25, -0.2) is 0 Å². The highest BCUT2D eigenvalue weighted by atomic mass is 16.5. The maximum Gasteiger partial charge on any atom is 0.253 e. The van der Waals surface area contributed by atoms with Gasteiger partial charge in [0.25, 0.3) is 5.91 Å². The Labute approximate surface area is 144 Å². The molecule has 0 radical (unpaired) electrons. The van der Waals surface area contributed by atoms with Crippen LogP contribution in [0.15, 0.2) is 54.6 Å². The number of hydrogen-bond donors (Lipinski definition) is 0. The first-order valence-corrected chi connectivity index (χ1v) is 8.82. The minimum Gasteiger partial charge on any atom is -0.494 e. The number of likely N-dealkylation sites (tertiary alicyclic amines) is 1. The SMILES string of the molecule is CCOc1ccc(C(=O)N2CCC(Cc3ccccc3)CC2)cc1. The average Bonchev–Trinajstić information content (AvgIpc) is 2.64. The smallest absolute Gasteiger partial charge is 0.253 e. The topological polar surface area (TPSA) is 29.5 Å². The number of amides is 1. The number of carbonyl (C=O) groups excluding carboxylic acids is 1. The van der Waals surface area contributed by atoms with E-state index in [4.69, 9.17) is 4.74 Å². The zero-order chi connectivity index (χ0) is 16.8. The van der Waals surface area contributed by atoms with Crippen LogP contribution in [0.25, 0.3) is 0 Å². The number of carbonyl (C=O) groups is 1. The van der Waals surface area contributed by atoms with Gasteiger partial charge in [0.2, 0.25) is 0 Å². The zero-order valence-corrected chi connectivity index (χ0v) is 14.3. The summed E-state index contributed by atoms with van der Waals surface area (Å²) in [5.41, 5.74) is 2.15. The summed E-state index contributed by atoms with van der Waals surface area (Å²) in [5, 5.41) is 0. The van der Waals surface area contributed by atoms with E-state index in [0.29, 0.717) is 12.5 Å². The summed E-state index contributed by atoms with van der Waals surface area (Å²) < 4.78 is 5.43.